The normalized spacial score (nSPS) is 11.8. The van der Waals surface area contributed by atoms with E-state index in [-0.39, 0.29) is 17.8 Å². The summed E-state index contributed by atoms with van der Waals surface area (Å²) in [4.78, 5) is 29.0. The molecule has 0 bridgehead atoms. The molecule has 0 radical (unpaired) electrons. The van der Waals surface area contributed by atoms with Crippen LogP contribution in [0.15, 0.2) is 84.7 Å². The minimum absolute atomic E-state index is 0.0936. The van der Waals surface area contributed by atoms with Gasteiger partial charge in [0.1, 0.15) is 11.4 Å². The number of benzene rings is 3. The Kier molecular flexibility index (Phi) is 7.10. The lowest BCUT2D eigenvalue weighted by molar-refractivity contribution is -0.138. The molecule has 0 aliphatic rings. The predicted octanol–water partition coefficient (Wildman–Crippen LogP) is 5.28. The van der Waals surface area contributed by atoms with Crippen LogP contribution >= 0.6 is 0 Å². The number of aromatic amines is 1. The maximum Gasteiger partial charge on any atom is 0.416 e. The lowest BCUT2D eigenvalue weighted by Crippen LogP contribution is -2.35. The van der Waals surface area contributed by atoms with E-state index < -0.39 is 23.6 Å². The number of carbonyl (C=O) groups is 2. The van der Waals surface area contributed by atoms with Crippen molar-refractivity contribution >= 4 is 28.8 Å². The Morgan fingerprint density at radius 3 is 2.44 bits per heavy atom. The van der Waals surface area contributed by atoms with Gasteiger partial charge in [-0.15, -0.1) is 0 Å². The van der Waals surface area contributed by atoms with E-state index in [1.807, 2.05) is 6.07 Å². The van der Waals surface area contributed by atoms with Crippen LogP contribution in [0.4, 0.5) is 13.2 Å². The van der Waals surface area contributed by atoms with Crippen LogP contribution in [0.3, 0.4) is 0 Å². The van der Waals surface area contributed by atoms with Crippen molar-refractivity contribution in [3.05, 3.63) is 107 Å². The number of alkyl halides is 3. The highest BCUT2D eigenvalue weighted by atomic mass is 19.4. The maximum absolute atomic E-state index is 13.4. The first kappa shape index (κ1) is 24.6. The van der Waals surface area contributed by atoms with Crippen molar-refractivity contribution in [2.45, 2.75) is 12.7 Å². The van der Waals surface area contributed by atoms with Crippen LogP contribution in [0.2, 0.25) is 0 Å². The summed E-state index contributed by atoms with van der Waals surface area (Å²) in [6.45, 7) is -0.380. The van der Waals surface area contributed by atoms with Crippen LogP contribution < -0.4 is 15.4 Å². The number of ether oxygens (including phenoxy) is 1. The number of hydrogen-bond donors (Lipinski definition) is 3. The monoisotopic (exact) mass is 493 g/mol. The minimum atomic E-state index is -4.56. The number of methoxy groups -OCH3 is 1. The fourth-order valence-corrected chi connectivity index (χ4v) is 3.69. The van der Waals surface area contributed by atoms with Crippen molar-refractivity contribution in [1.82, 2.24) is 15.6 Å². The highest BCUT2D eigenvalue weighted by Gasteiger charge is 2.33. The molecule has 4 rings (SSSR count). The number of nitrogens with one attached hydrogen (secondary N) is 3. The summed E-state index contributed by atoms with van der Waals surface area (Å²) >= 11 is 0. The van der Waals surface area contributed by atoms with Crippen molar-refractivity contribution in [2.75, 3.05) is 7.11 Å². The average molecular weight is 493 g/mol. The first-order valence-corrected chi connectivity index (χ1v) is 10.9. The zero-order chi connectivity index (χ0) is 25.7. The zero-order valence-corrected chi connectivity index (χ0v) is 19.1. The van der Waals surface area contributed by atoms with Gasteiger partial charge in [0.05, 0.1) is 12.7 Å². The third kappa shape index (κ3) is 5.57. The highest BCUT2D eigenvalue weighted by Crippen LogP contribution is 2.32. The number of rotatable bonds is 7. The lowest BCUT2D eigenvalue weighted by atomic mass is 10.1. The fourth-order valence-electron chi connectivity index (χ4n) is 3.69. The van der Waals surface area contributed by atoms with Gasteiger partial charge in [0, 0.05) is 34.8 Å². The van der Waals surface area contributed by atoms with Crippen LogP contribution in [0, 0.1) is 0 Å². The number of amides is 2. The Bertz CT molecular complexity index is 1430. The minimum Gasteiger partial charge on any atom is -0.497 e. The van der Waals surface area contributed by atoms with Gasteiger partial charge in [-0.25, -0.2) is 0 Å². The molecule has 0 unspecified atom stereocenters. The molecule has 1 aromatic heterocycles. The van der Waals surface area contributed by atoms with E-state index in [0.717, 1.165) is 17.0 Å². The van der Waals surface area contributed by atoms with Gasteiger partial charge in [-0.3, -0.25) is 9.59 Å². The Labute approximate surface area is 204 Å². The molecule has 2 amide bonds. The number of aromatic nitrogens is 1. The second-order valence-corrected chi connectivity index (χ2v) is 7.87. The van der Waals surface area contributed by atoms with Crippen LogP contribution in [0.1, 0.15) is 27.0 Å². The summed E-state index contributed by atoms with van der Waals surface area (Å²) in [5.41, 5.74) is 0.612. The van der Waals surface area contributed by atoms with Gasteiger partial charge in [0.25, 0.3) is 11.8 Å². The molecule has 184 valence electrons. The van der Waals surface area contributed by atoms with Crippen molar-refractivity contribution < 1.29 is 27.5 Å². The molecule has 3 N–H and O–H groups in total. The summed E-state index contributed by atoms with van der Waals surface area (Å²) < 4.78 is 45.3. The molecular formula is C27H22F3N3O3. The molecule has 0 spiro atoms. The molecule has 0 saturated heterocycles. The molecule has 6 nitrogen and oxygen atoms in total. The number of fused-ring (bicyclic) bond motifs is 1. The van der Waals surface area contributed by atoms with E-state index in [0.29, 0.717) is 16.9 Å². The van der Waals surface area contributed by atoms with E-state index >= 15 is 0 Å². The lowest BCUT2D eigenvalue weighted by Gasteiger charge is -2.15. The summed E-state index contributed by atoms with van der Waals surface area (Å²) in [7, 11) is 1.53. The fraction of sp³-hybridized carbons (Fsp3) is 0.111. The largest absolute Gasteiger partial charge is 0.497 e. The number of hydrogen-bond acceptors (Lipinski definition) is 3. The first-order chi connectivity index (χ1) is 17.3. The molecular weight excluding hydrogens is 471 g/mol. The van der Waals surface area contributed by atoms with E-state index in [9.17, 15) is 22.8 Å². The number of halogens is 3. The van der Waals surface area contributed by atoms with Crippen LogP contribution in [-0.2, 0) is 17.5 Å². The van der Waals surface area contributed by atoms with Crippen LogP contribution in [0.5, 0.6) is 5.75 Å². The molecule has 1 heterocycles. The zero-order valence-electron chi connectivity index (χ0n) is 19.1. The molecule has 0 aliphatic heterocycles. The van der Waals surface area contributed by atoms with E-state index in [4.69, 9.17) is 4.74 Å². The van der Waals surface area contributed by atoms with Crippen molar-refractivity contribution in [3.63, 3.8) is 0 Å². The van der Waals surface area contributed by atoms with E-state index in [1.54, 1.807) is 48.7 Å². The standard InChI is InChI=1S/C27H22F3N3O3/c1-36-20-11-12-23-21(14-20)19(16-31-23)13-24(33-25(34)17-7-3-2-4-8-17)26(35)32-15-18-9-5-6-10-22(18)27(28,29)30/h2-14,16,31H,15H2,1H3,(H,32,35)(H,33,34). The molecule has 0 saturated carbocycles. The van der Waals surface area contributed by atoms with Gasteiger partial charge in [0.2, 0.25) is 0 Å². The van der Waals surface area contributed by atoms with Gasteiger partial charge in [-0.2, -0.15) is 13.2 Å². The van der Waals surface area contributed by atoms with Gasteiger partial charge in [-0.1, -0.05) is 36.4 Å². The Morgan fingerprint density at radius 1 is 1.00 bits per heavy atom. The smallest absolute Gasteiger partial charge is 0.416 e. The van der Waals surface area contributed by atoms with Gasteiger partial charge in [-0.05, 0) is 48.0 Å². The SMILES string of the molecule is COc1ccc2[nH]cc(C=C(NC(=O)c3ccccc3)C(=O)NCc3ccccc3C(F)(F)F)c2c1. The summed E-state index contributed by atoms with van der Waals surface area (Å²) in [6, 6.07) is 18.6. The van der Waals surface area contributed by atoms with Crippen molar-refractivity contribution in [3.8, 4) is 5.75 Å². The first-order valence-electron chi connectivity index (χ1n) is 10.9. The molecule has 3 aromatic carbocycles. The highest BCUT2D eigenvalue weighted by molar-refractivity contribution is 6.06. The Morgan fingerprint density at radius 2 is 1.72 bits per heavy atom. The topological polar surface area (TPSA) is 83.2 Å². The summed E-state index contributed by atoms with van der Waals surface area (Å²) in [6.07, 6.45) is -1.44. The molecule has 0 atom stereocenters. The second-order valence-electron chi connectivity index (χ2n) is 7.87. The maximum atomic E-state index is 13.4. The second kappa shape index (κ2) is 10.4. The van der Waals surface area contributed by atoms with E-state index in [1.165, 1.54) is 31.4 Å². The predicted molar refractivity (Wildman–Crippen MR) is 130 cm³/mol. The number of carbonyl (C=O) groups excluding carboxylic acids is 2. The number of H-pyrrole nitrogens is 1. The molecule has 4 aromatic rings. The van der Waals surface area contributed by atoms with Crippen molar-refractivity contribution in [1.29, 1.82) is 0 Å². The van der Waals surface area contributed by atoms with Gasteiger partial charge >= 0.3 is 6.18 Å². The molecule has 9 heteroatoms. The third-order valence-electron chi connectivity index (χ3n) is 5.51. The van der Waals surface area contributed by atoms with Gasteiger partial charge < -0.3 is 20.4 Å². The summed E-state index contributed by atoms with van der Waals surface area (Å²) in [5.74, 6) is -0.682. The van der Waals surface area contributed by atoms with Crippen LogP contribution in [-0.4, -0.2) is 23.9 Å². The quantitative estimate of drug-likeness (QED) is 0.306. The molecule has 0 fully saturated rings. The Hall–Kier alpha value is -4.53. The van der Waals surface area contributed by atoms with Crippen LogP contribution in [0.25, 0.3) is 17.0 Å². The summed E-state index contributed by atoms with van der Waals surface area (Å²) in [5, 5.41) is 5.82. The molecule has 0 aliphatic carbocycles. The molecule has 36 heavy (non-hydrogen) atoms. The Balaban J connectivity index is 1.66. The van der Waals surface area contributed by atoms with Gasteiger partial charge in [0.15, 0.2) is 0 Å². The average Bonchev–Trinajstić information content (AvgIpc) is 3.28. The van der Waals surface area contributed by atoms with Crippen molar-refractivity contribution in [2.24, 2.45) is 0 Å². The van der Waals surface area contributed by atoms with E-state index in [2.05, 4.69) is 15.6 Å². The third-order valence-corrected chi connectivity index (χ3v) is 5.51.